The second kappa shape index (κ2) is 3.56. The van der Waals surface area contributed by atoms with Crippen molar-refractivity contribution in [2.24, 2.45) is 0 Å². The molecule has 0 aliphatic heterocycles. The van der Waals surface area contributed by atoms with Crippen molar-refractivity contribution in [3.05, 3.63) is 34.4 Å². The number of furan rings is 1. The fourth-order valence-electron chi connectivity index (χ4n) is 1.19. The number of rotatable bonds is 2. The van der Waals surface area contributed by atoms with E-state index in [1.165, 1.54) is 0 Å². The first kappa shape index (κ1) is 8.85. The Balaban J connectivity index is 2.43. The van der Waals surface area contributed by atoms with Crippen molar-refractivity contribution in [1.29, 1.82) is 0 Å². The molecule has 0 radical (unpaired) electrons. The van der Waals surface area contributed by atoms with E-state index in [-0.39, 0.29) is 0 Å². The predicted molar refractivity (Wildman–Crippen MR) is 56.4 cm³/mol. The quantitative estimate of drug-likeness (QED) is 0.727. The van der Waals surface area contributed by atoms with Crippen LogP contribution in [0.1, 0.15) is 12.7 Å². The Morgan fingerprint density at radius 1 is 1.54 bits per heavy atom. The molecule has 3 heteroatoms. The van der Waals surface area contributed by atoms with E-state index in [4.69, 9.17) is 16.0 Å². The summed E-state index contributed by atoms with van der Waals surface area (Å²) in [6, 6.07) is 5.91. The van der Waals surface area contributed by atoms with Gasteiger partial charge in [-0.05, 0) is 11.4 Å². The van der Waals surface area contributed by atoms with Crippen LogP contribution in [0.25, 0.3) is 10.6 Å². The Kier molecular flexibility index (Phi) is 2.42. The molecule has 68 valence electrons. The second-order valence-electron chi connectivity index (χ2n) is 2.71. The number of halogens is 1. The van der Waals surface area contributed by atoms with Crippen molar-refractivity contribution in [3.8, 4) is 10.6 Å². The first-order valence-electron chi connectivity index (χ1n) is 4.13. The standard InChI is InChI=1S/C10H9ClOS/c1-2-8-7(11)6-9(12-8)10-4-3-5-13-10/h3-6H,2H2,1H3. The maximum atomic E-state index is 5.97. The monoisotopic (exact) mass is 212 g/mol. The molecule has 0 aliphatic rings. The highest BCUT2D eigenvalue weighted by Crippen LogP contribution is 2.31. The Morgan fingerprint density at radius 2 is 2.38 bits per heavy atom. The molecular formula is C10H9ClOS. The lowest BCUT2D eigenvalue weighted by Crippen LogP contribution is -1.71. The molecule has 1 nitrogen and oxygen atoms in total. The summed E-state index contributed by atoms with van der Waals surface area (Å²) in [6.07, 6.45) is 0.838. The molecule has 2 aromatic rings. The van der Waals surface area contributed by atoms with Gasteiger partial charge in [0.25, 0.3) is 0 Å². The summed E-state index contributed by atoms with van der Waals surface area (Å²) in [5, 5.41) is 2.75. The molecular weight excluding hydrogens is 204 g/mol. The van der Waals surface area contributed by atoms with Crippen LogP contribution in [0.3, 0.4) is 0 Å². The van der Waals surface area contributed by atoms with Gasteiger partial charge in [-0.3, -0.25) is 0 Å². The van der Waals surface area contributed by atoms with Gasteiger partial charge in [0, 0.05) is 12.5 Å². The molecule has 2 heterocycles. The lowest BCUT2D eigenvalue weighted by atomic mass is 10.3. The molecule has 0 saturated heterocycles. The topological polar surface area (TPSA) is 13.1 Å². The number of hydrogen-bond donors (Lipinski definition) is 0. The van der Waals surface area contributed by atoms with E-state index < -0.39 is 0 Å². The third kappa shape index (κ3) is 1.64. The average molecular weight is 213 g/mol. The van der Waals surface area contributed by atoms with E-state index in [1.54, 1.807) is 11.3 Å². The van der Waals surface area contributed by atoms with Gasteiger partial charge >= 0.3 is 0 Å². The van der Waals surface area contributed by atoms with Gasteiger partial charge < -0.3 is 4.42 Å². The number of hydrogen-bond acceptors (Lipinski definition) is 2. The summed E-state index contributed by atoms with van der Waals surface area (Å²) in [6.45, 7) is 2.03. The fraction of sp³-hybridized carbons (Fsp3) is 0.200. The minimum absolute atomic E-state index is 0.728. The van der Waals surface area contributed by atoms with E-state index in [9.17, 15) is 0 Å². The average Bonchev–Trinajstić information content (AvgIpc) is 2.71. The number of thiophene rings is 1. The normalized spacial score (nSPS) is 10.6. The maximum Gasteiger partial charge on any atom is 0.145 e. The van der Waals surface area contributed by atoms with Gasteiger partial charge in [-0.15, -0.1) is 11.3 Å². The van der Waals surface area contributed by atoms with E-state index in [0.717, 1.165) is 27.8 Å². The van der Waals surface area contributed by atoms with Gasteiger partial charge in [-0.1, -0.05) is 24.6 Å². The molecule has 0 unspecified atom stereocenters. The minimum Gasteiger partial charge on any atom is -0.459 e. The highest BCUT2D eigenvalue weighted by Gasteiger charge is 2.09. The zero-order chi connectivity index (χ0) is 9.26. The maximum absolute atomic E-state index is 5.97. The smallest absolute Gasteiger partial charge is 0.145 e. The fourth-order valence-corrected chi connectivity index (χ4v) is 2.14. The highest BCUT2D eigenvalue weighted by molar-refractivity contribution is 7.13. The molecule has 0 N–H and O–H groups in total. The molecule has 0 spiro atoms. The largest absolute Gasteiger partial charge is 0.459 e. The Bertz CT molecular complexity index is 389. The van der Waals surface area contributed by atoms with Gasteiger partial charge in [0.2, 0.25) is 0 Å². The van der Waals surface area contributed by atoms with Crippen LogP contribution in [-0.2, 0) is 6.42 Å². The molecule has 0 amide bonds. The van der Waals surface area contributed by atoms with Gasteiger partial charge in [0.15, 0.2) is 0 Å². The third-order valence-corrected chi connectivity index (χ3v) is 3.05. The molecule has 0 bridgehead atoms. The summed E-state index contributed by atoms with van der Waals surface area (Å²) in [7, 11) is 0. The van der Waals surface area contributed by atoms with Crippen LogP contribution in [-0.4, -0.2) is 0 Å². The summed E-state index contributed by atoms with van der Waals surface area (Å²) in [5.41, 5.74) is 0. The first-order valence-corrected chi connectivity index (χ1v) is 5.39. The summed E-state index contributed by atoms with van der Waals surface area (Å²) >= 11 is 7.63. The lowest BCUT2D eigenvalue weighted by molar-refractivity contribution is 0.530. The summed E-state index contributed by atoms with van der Waals surface area (Å²) in [5.74, 6) is 1.74. The van der Waals surface area contributed by atoms with Crippen molar-refractivity contribution < 1.29 is 4.42 Å². The van der Waals surface area contributed by atoms with Gasteiger partial charge in [0.05, 0.1) is 9.90 Å². The third-order valence-electron chi connectivity index (χ3n) is 1.84. The predicted octanol–water partition coefficient (Wildman–Crippen LogP) is 4.22. The Morgan fingerprint density at radius 3 is 2.92 bits per heavy atom. The van der Waals surface area contributed by atoms with Crippen LogP contribution in [0.15, 0.2) is 28.0 Å². The van der Waals surface area contributed by atoms with Gasteiger partial charge in [-0.25, -0.2) is 0 Å². The first-order chi connectivity index (χ1) is 6.31. The minimum atomic E-state index is 0.728. The summed E-state index contributed by atoms with van der Waals surface area (Å²) < 4.78 is 5.59. The van der Waals surface area contributed by atoms with Gasteiger partial charge in [-0.2, -0.15) is 0 Å². The van der Waals surface area contributed by atoms with Crippen molar-refractivity contribution >= 4 is 22.9 Å². The number of aryl methyl sites for hydroxylation is 1. The molecule has 0 atom stereocenters. The second-order valence-corrected chi connectivity index (χ2v) is 4.07. The van der Waals surface area contributed by atoms with E-state index >= 15 is 0 Å². The van der Waals surface area contributed by atoms with E-state index in [1.807, 2.05) is 30.5 Å². The van der Waals surface area contributed by atoms with Crippen molar-refractivity contribution in [3.63, 3.8) is 0 Å². The molecule has 0 saturated carbocycles. The molecule has 13 heavy (non-hydrogen) atoms. The van der Waals surface area contributed by atoms with Crippen LogP contribution in [0, 0.1) is 0 Å². The highest BCUT2D eigenvalue weighted by atomic mass is 35.5. The summed E-state index contributed by atoms with van der Waals surface area (Å²) in [4.78, 5) is 1.13. The van der Waals surface area contributed by atoms with Crippen molar-refractivity contribution in [2.75, 3.05) is 0 Å². The zero-order valence-corrected chi connectivity index (χ0v) is 8.78. The van der Waals surface area contributed by atoms with Crippen LogP contribution < -0.4 is 0 Å². The Labute approximate surface area is 86.0 Å². The van der Waals surface area contributed by atoms with E-state index in [2.05, 4.69) is 0 Å². The molecule has 2 aromatic heterocycles. The lowest BCUT2D eigenvalue weighted by Gasteiger charge is -1.89. The van der Waals surface area contributed by atoms with E-state index in [0.29, 0.717) is 0 Å². The van der Waals surface area contributed by atoms with Crippen molar-refractivity contribution in [2.45, 2.75) is 13.3 Å². The molecule has 0 aliphatic carbocycles. The molecule has 0 aromatic carbocycles. The van der Waals surface area contributed by atoms with Crippen LogP contribution in [0.2, 0.25) is 5.02 Å². The van der Waals surface area contributed by atoms with Crippen molar-refractivity contribution in [1.82, 2.24) is 0 Å². The zero-order valence-electron chi connectivity index (χ0n) is 7.21. The molecule has 2 rings (SSSR count). The SMILES string of the molecule is CCc1oc(-c2cccs2)cc1Cl. The van der Waals surface area contributed by atoms with Crippen LogP contribution in [0.4, 0.5) is 0 Å². The van der Waals surface area contributed by atoms with Gasteiger partial charge in [0.1, 0.15) is 11.5 Å². The van der Waals surface area contributed by atoms with Crippen LogP contribution in [0.5, 0.6) is 0 Å². The Hall–Kier alpha value is -0.730. The molecule has 0 fully saturated rings. The van der Waals surface area contributed by atoms with Crippen LogP contribution >= 0.6 is 22.9 Å².